The van der Waals surface area contributed by atoms with Crippen LogP contribution >= 0.6 is 11.6 Å². The minimum absolute atomic E-state index is 0.796. The summed E-state index contributed by atoms with van der Waals surface area (Å²) in [6, 6.07) is 12.2. The molecule has 0 spiro atoms. The summed E-state index contributed by atoms with van der Waals surface area (Å²) < 4.78 is 5.36. The molecule has 2 bridgehead atoms. The zero-order chi connectivity index (χ0) is 10.4. The number of ether oxygens (including phenoxy) is 1. The molecular weight excluding hydrogens is 208 g/mol. The fourth-order valence-corrected chi connectivity index (χ4v) is 2.38. The molecule has 4 aromatic rings. The minimum Gasteiger partial charge on any atom is -0.496 e. The molecule has 0 unspecified atom stereocenters. The van der Waals surface area contributed by atoms with E-state index in [0.717, 1.165) is 26.9 Å². The lowest BCUT2D eigenvalue weighted by atomic mass is 9.99. The average Bonchev–Trinajstić information content (AvgIpc) is 2.29. The number of rotatable bonds is 1. The van der Waals surface area contributed by atoms with Gasteiger partial charge in [-0.1, -0.05) is 35.9 Å². The molecule has 0 amide bonds. The van der Waals surface area contributed by atoms with Crippen LogP contribution in [0.2, 0.25) is 5.02 Å². The van der Waals surface area contributed by atoms with Gasteiger partial charge in [-0.2, -0.15) is 0 Å². The summed E-state index contributed by atoms with van der Waals surface area (Å²) in [5.74, 6) is 0.885. The van der Waals surface area contributed by atoms with Crippen LogP contribution in [-0.2, 0) is 0 Å². The van der Waals surface area contributed by atoms with Crippen LogP contribution in [0, 0.1) is 0 Å². The molecule has 0 aliphatic rings. The fourth-order valence-electron chi connectivity index (χ4n) is 2.10. The molecule has 0 aliphatic carbocycles. The lowest BCUT2D eigenvalue weighted by Crippen LogP contribution is -1.88. The number of hydrogen-bond acceptors (Lipinski definition) is 1. The first kappa shape index (κ1) is 8.81. The predicted octanol–water partition coefficient (Wildman–Crippen LogP) is 4.09. The van der Waals surface area contributed by atoms with Gasteiger partial charge in [0.2, 0.25) is 0 Å². The summed E-state index contributed by atoms with van der Waals surface area (Å²) in [6.07, 6.45) is 0. The minimum atomic E-state index is 0.796. The molecule has 0 saturated heterocycles. The van der Waals surface area contributed by atoms with Crippen LogP contribution in [-0.4, -0.2) is 7.11 Å². The molecule has 0 aliphatic heterocycles. The Balaban J connectivity index is 2.62. The fraction of sp³-hybridized carbons (Fsp3) is 0.0769. The van der Waals surface area contributed by atoms with E-state index in [1.807, 2.05) is 24.3 Å². The molecular formula is C13H9ClO. The van der Waals surface area contributed by atoms with Crippen molar-refractivity contribution in [1.82, 2.24) is 0 Å². The van der Waals surface area contributed by atoms with E-state index in [0.29, 0.717) is 0 Å². The van der Waals surface area contributed by atoms with Gasteiger partial charge in [-0.25, -0.2) is 0 Å². The van der Waals surface area contributed by atoms with E-state index in [2.05, 4.69) is 12.1 Å². The summed E-state index contributed by atoms with van der Waals surface area (Å²) in [6.45, 7) is 0. The summed E-state index contributed by atoms with van der Waals surface area (Å²) in [5.41, 5.74) is 0. The lowest BCUT2D eigenvalue weighted by molar-refractivity contribution is 0.420. The standard InChI is InChI=1S/C13H9ClO/c1-15-12-4-2-3-9-8-5-6-10(13(9)12)11(14)7-8/h2-7H,1H3. The molecule has 2 heteroatoms. The Labute approximate surface area is 92.6 Å². The molecule has 0 saturated carbocycles. The van der Waals surface area contributed by atoms with Crippen molar-refractivity contribution in [2.75, 3.05) is 7.11 Å². The highest BCUT2D eigenvalue weighted by molar-refractivity contribution is 6.38. The number of benzene rings is 4. The number of fused-ring (bicyclic) bond motifs is 2. The van der Waals surface area contributed by atoms with E-state index in [1.165, 1.54) is 5.39 Å². The predicted molar refractivity (Wildman–Crippen MR) is 64.2 cm³/mol. The van der Waals surface area contributed by atoms with Gasteiger partial charge in [0, 0.05) is 15.8 Å². The van der Waals surface area contributed by atoms with E-state index in [-0.39, 0.29) is 0 Å². The summed E-state index contributed by atoms with van der Waals surface area (Å²) in [4.78, 5) is 0. The maximum Gasteiger partial charge on any atom is 0.127 e. The number of methoxy groups -OCH3 is 1. The van der Waals surface area contributed by atoms with Crippen molar-refractivity contribution in [3.8, 4) is 5.75 Å². The van der Waals surface area contributed by atoms with Crippen molar-refractivity contribution < 1.29 is 4.74 Å². The first-order valence-corrected chi connectivity index (χ1v) is 5.16. The Kier molecular flexibility index (Phi) is 1.77. The lowest BCUT2D eigenvalue weighted by Gasteiger charge is -2.12. The molecule has 0 aromatic heterocycles. The number of hydrogen-bond donors (Lipinski definition) is 0. The highest BCUT2D eigenvalue weighted by Gasteiger charge is 2.10. The van der Waals surface area contributed by atoms with Gasteiger partial charge in [-0.05, 0) is 22.9 Å². The number of halogens is 1. The second-order valence-corrected chi connectivity index (χ2v) is 3.98. The van der Waals surface area contributed by atoms with Crippen LogP contribution in [0.25, 0.3) is 21.5 Å². The van der Waals surface area contributed by atoms with Gasteiger partial charge in [0.15, 0.2) is 0 Å². The Morgan fingerprint density at radius 2 is 1.93 bits per heavy atom. The first-order chi connectivity index (χ1) is 7.31. The van der Waals surface area contributed by atoms with E-state index in [4.69, 9.17) is 16.3 Å². The van der Waals surface area contributed by atoms with Crippen LogP contribution in [0.5, 0.6) is 5.75 Å². The summed E-state index contributed by atoms with van der Waals surface area (Å²) in [5, 5.41) is 5.33. The van der Waals surface area contributed by atoms with Crippen LogP contribution in [0.1, 0.15) is 0 Å². The average molecular weight is 217 g/mol. The van der Waals surface area contributed by atoms with Crippen molar-refractivity contribution in [3.63, 3.8) is 0 Å². The SMILES string of the molecule is COc1cccc2c3ccc(c(Cl)c3)c12. The molecule has 0 atom stereocenters. The van der Waals surface area contributed by atoms with Crippen LogP contribution < -0.4 is 4.74 Å². The highest BCUT2D eigenvalue weighted by Crippen LogP contribution is 2.38. The van der Waals surface area contributed by atoms with E-state index in [9.17, 15) is 0 Å². The molecule has 0 radical (unpaired) electrons. The van der Waals surface area contributed by atoms with Crippen molar-refractivity contribution in [2.24, 2.45) is 0 Å². The van der Waals surface area contributed by atoms with E-state index >= 15 is 0 Å². The van der Waals surface area contributed by atoms with Crippen LogP contribution in [0.15, 0.2) is 36.4 Å². The molecule has 0 N–H and O–H groups in total. The molecule has 74 valence electrons. The molecule has 1 nitrogen and oxygen atoms in total. The van der Waals surface area contributed by atoms with Crippen LogP contribution in [0.4, 0.5) is 0 Å². The smallest absolute Gasteiger partial charge is 0.127 e. The normalized spacial score (nSPS) is 11.3. The Morgan fingerprint density at radius 3 is 2.67 bits per heavy atom. The Morgan fingerprint density at radius 1 is 1.07 bits per heavy atom. The topological polar surface area (TPSA) is 9.23 Å². The third-order valence-corrected chi connectivity index (χ3v) is 3.11. The van der Waals surface area contributed by atoms with Gasteiger partial charge >= 0.3 is 0 Å². The van der Waals surface area contributed by atoms with Gasteiger partial charge in [-0.3, -0.25) is 0 Å². The molecule has 0 heterocycles. The highest BCUT2D eigenvalue weighted by atomic mass is 35.5. The monoisotopic (exact) mass is 216 g/mol. The quantitative estimate of drug-likeness (QED) is 0.595. The van der Waals surface area contributed by atoms with Gasteiger partial charge in [-0.15, -0.1) is 0 Å². The zero-order valence-corrected chi connectivity index (χ0v) is 9.01. The zero-order valence-electron chi connectivity index (χ0n) is 8.25. The largest absolute Gasteiger partial charge is 0.496 e. The molecule has 4 rings (SSSR count). The Hall–Kier alpha value is -1.47. The second kappa shape index (κ2) is 3.01. The maximum atomic E-state index is 6.17. The molecule has 4 aromatic carbocycles. The van der Waals surface area contributed by atoms with Crippen molar-refractivity contribution >= 4 is 33.1 Å². The summed E-state index contributed by atoms with van der Waals surface area (Å²) in [7, 11) is 1.68. The van der Waals surface area contributed by atoms with Gasteiger partial charge in [0.05, 0.1) is 7.11 Å². The summed E-state index contributed by atoms with van der Waals surface area (Å²) >= 11 is 6.17. The van der Waals surface area contributed by atoms with E-state index < -0.39 is 0 Å². The third-order valence-electron chi connectivity index (χ3n) is 2.80. The molecule has 15 heavy (non-hydrogen) atoms. The van der Waals surface area contributed by atoms with Gasteiger partial charge in [0.25, 0.3) is 0 Å². The van der Waals surface area contributed by atoms with Crippen molar-refractivity contribution in [1.29, 1.82) is 0 Å². The van der Waals surface area contributed by atoms with Gasteiger partial charge < -0.3 is 4.74 Å². The van der Waals surface area contributed by atoms with Gasteiger partial charge in [0.1, 0.15) is 5.75 Å². The van der Waals surface area contributed by atoms with E-state index in [1.54, 1.807) is 7.11 Å². The first-order valence-electron chi connectivity index (χ1n) is 4.78. The van der Waals surface area contributed by atoms with Crippen LogP contribution in [0.3, 0.4) is 0 Å². The second-order valence-electron chi connectivity index (χ2n) is 3.58. The molecule has 0 fully saturated rings. The van der Waals surface area contributed by atoms with Crippen molar-refractivity contribution in [3.05, 3.63) is 41.4 Å². The maximum absolute atomic E-state index is 6.17. The van der Waals surface area contributed by atoms with Crippen molar-refractivity contribution in [2.45, 2.75) is 0 Å². The Bertz CT molecular complexity index is 630. The third kappa shape index (κ3) is 1.10.